The minimum Gasteiger partial charge on any atom is -0.469 e. The first-order chi connectivity index (χ1) is 19.4. The second-order valence-electron chi connectivity index (χ2n) is 11.7. The topological polar surface area (TPSA) is 80.6 Å². The molecule has 1 N–H and O–H groups in total. The lowest BCUT2D eigenvalue weighted by Gasteiger charge is -2.26. The standard InChI is InChI=1S/C34H45N3O4/c1-22(2)17-30(37-21-28(15-16-36(6)7)25(5)18-31(37)38)34(40)35-29(20-32(39)41-8)26-13-10-14-27(19-26)33-23(3)11-9-12-24(33)4/h9-14,18-19,21-22,29-30H,15-17,20H2,1-8H3,(H,35,40)/t29-,30-/m0/s1. The number of nitrogens with zero attached hydrogens (tertiary/aromatic N) is 2. The molecule has 1 amide bonds. The van der Waals surface area contributed by atoms with Crippen molar-refractivity contribution in [3.05, 3.63) is 92.9 Å². The summed E-state index contributed by atoms with van der Waals surface area (Å²) in [4.78, 5) is 41.8. The number of esters is 1. The molecule has 3 rings (SSSR count). The average Bonchev–Trinajstić information content (AvgIpc) is 2.91. The number of aromatic nitrogens is 1. The van der Waals surface area contributed by atoms with Crippen molar-refractivity contribution in [3.63, 3.8) is 0 Å². The first kappa shape index (κ1) is 31.8. The summed E-state index contributed by atoms with van der Waals surface area (Å²) in [5.41, 5.74) is 6.99. The van der Waals surface area contributed by atoms with E-state index in [0.29, 0.717) is 6.42 Å². The van der Waals surface area contributed by atoms with Crippen molar-refractivity contribution in [1.82, 2.24) is 14.8 Å². The van der Waals surface area contributed by atoms with E-state index in [2.05, 4.69) is 36.2 Å². The summed E-state index contributed by atoms with van der Waals surface area (Å²) in [5.74, 6) is -0.558. The van der Waals surface area contributed by atoms with Gasteiger partial charge in [-0.05, 0) is 98.6 Å². The molecule has 1 heterocycles. The monoisotopic (exact) mass is 559 g/mol. The lowest BCUT2D eigenvalue weighted by atomic mass is 9.92. The number of nitrogens with one attached hydrogen (secondary N) is 1. The van der Waals surface area contributed by atoms with Gasteiger partial charge in [-0.2, -0.15) is 0 Å². The summed E-state index contributed by atoms with van der Waals surface area (Å²) in [6, 6.07) is 14.4. The highest BCUT2D eigenvalue weighted by Crippen LogP contribution is 2.30. The van der Waals surface area contributed by atoms with Crippen molar-refractivity contribution in [2.24, 2.45) is 5.92 Å². The van der Waals surface area contributed by atoms with Crippen molar-refractivity contribution in [1.29, 1.82) is 0 Å². The fourth-order valence-corrected chi connectivity index (χ4v) is 5.28. The number of hydrogen-bond donors (Lipinski definition) is 1. The highest BCUT2D eigenvalue weighted by atomic mass is 16.5. The van der Waals surface area contributed by atoms with Gasteiger partial charge in [0.15, 0.2) is 0 Å². The Balaban J connectivity index is 2.02. The number of likely N-dealkylation sites (N-methyl/N-ethyl adjacent to an activating group) is 1. The van der Waals surface area contributed by atoms with Crippen LogP contribution in [0.25, 0.3) is 11.1 Å². The van der Waals surface area contributed by atoms with Crippen LogP contribution in [0.4, 0.5) is 0 Å². The Kier molecular flexibility index (Phi) is 11.1. The number of aryl methyl sites for hydroxylation is 3. The van der Waals surface area contributed by atoms with Crippen molar-refractivity contribution in [2.45, 2.75) is 66.0 Å². The lowest BCUT2D eigenvalue weighted by molar-refractivity contribution is -0.141. The molecule has 7 nitrogen and oxygen atoms in total. The molecule has 41 heavy (non-hydrogen) atoms. The fraction of sp³-hybridized carbons (Fsp3) is 0.441. The summed E-state index contributed by atoms with van der Waals surface area (Å²) in [5, 5.41) is 3.11. The van der Waals surface area contributed by atoms with Gasteiger partial charge in [-0.3, -0.25) is 14.4 Å². The predicted molar refractivity (Wildman–Crippen MR) is 165 cm³/mol. The van der Waals surface area contributed by atoms with E-state index in [4.69, 9.17) is 4.74 Å². The number of rotatable bonds is 12. The van der Waals surface area contributed by atoms with Gasteiger partial charge in [-0.15, -0.1) is 0 Å². The van der Waals surface area contributed by atoms with E-state index in [9.17, 15) is 14.4 Å². The van der Waals surface area contributed by atoms with E-state index >= 15 is 0 Å². The number of carbonyl (C=O) groups is 2. The van der Waals surface area contributed by atoms with Gasteiger partial charge in [0, 0.05) is 18.8 Å². The number of hydrogen-bond acceptors (Lipinski definition) is 5. The minimum absolute atomic E-state index is 0.0241. The Hall–Kier alpha value is -3.71. The smallest absolute Gasteiger partial charge is 0.307 e. The van der Waals surface area contributed by atoms with Crippen LogP contribution in [0.5, 0.6) is 0 Å². The first-order valence-corrected chi connectivity index (χ1v) is 14.3. The third-order valence-electron chi connectivity index (χ3n) is 7.53. The third kappa shape index (κ3) is 8.40. The number of methoxy groups -OCH3 is 1. The molecule has 0 radical (unpaired) electrons. The third-order valence-corrected chi connectivity index (χ3v) is 7.53. The fourth-order valence-electron chi connectivity index (χ4n) is 5.28. The first-order valence-electron chi connectivity index (χ1n) is 14.3. The van der Waals surface area contributed by atoms with Crippen molar-refractivity contribution >= 4 is 11.9 Å². The zero-order chi connectivity index (χ0) is 30.3. The Morgan fingerprint density at radius 1 is 0.976 bits per heavy atom. The highest BCUT2D eigenvalue weighted by Gasteiger charge is 2.28. The van der Waals surface area contributed by atoms with Crippen LogP contribution in [0.1, 0.15) is 66.6 Å². The molecule has 0 bridgehead atoms. The van der Waals surface area contributed by atoms with E-state index < -0.39 is 18.1 Å². The number of benzene rings is 2. The molecule has 0 spiro atoms. The molecular formula is C34H45N3O4. The molecule has 0 saturated heterocycles. The number of ether oxygens (including phenoxy) is 1. The van der Waals surface area contributed by atoms with Crippen molar-refractivity contribution < 1.29 is 14.3 Å². The number of pyridine rings is 1. The molecule has 0 unspecified atom stereocenters. The van der Waals surface area contributed by atoms with Crippen LogP contribution in [0, 0.1) is 26.7 Å². The van der Waals surface area contributed by atoms with Gasteiger partial charge in [-0.25, -0.2) is 0 Å². The quantitative estimate of drug-likeness (QED) is 0.294. The SMILES string of the molecule is COC(=O)C[C@H](NC(=O)[C@H](CC(C)C)n1cc(CCN(C)C)c(C)cc1=O)c1cccc(-c2c(C)cccc2C)c1. The minimum atomic E-state index is -0.719. The molecule has 0 fully saturated rings. The average molecular weight is 560 g/mol. The van der Waals surface area contributed by atoms with Crippen LogP contribution in [0.2, 0.25) is 0 Å². The van der Waals surface area contributed by atoms with E-state index in [1.807, 2.05) is 71.4 Å². The van der Waals surface area contributed by atoms with Gasteiger partial charge in [0.05, 0.1) is 19.6 Å². The van der Waals surface area contributed by atoms with Gasteiger partial charge in [0.25, 0.3) is 5.56 Å². The Labute approximate surface area is 244 Å². The molecular weight excluding hydrogens is 514 g/mol. The van der Waals surface area contributed by atoms with Gasteiger partial charge < -0.3 is 19.5 Å². The van der Waals surface area contributed by atoms with Gasteiger partial charge >= 0.3 is 5.97 Å². The molecule has 1 aromatic heterocycles. The molecule has 220 valence electrons. The maximum absolute atomic E-state index is 14.0. The summed E-state index contributed by atoms with van der Waals surface area (Å²) in [7, 11) is 5.37. The van der Waals surface area contributed by atoms with Crippen LogP contribution >= 0.6 is 0 Å². The lowest BCUT2D eigenvalue weighted by Crippen LogP contribution is -2.40. The maximum Gasteiger partial charge on any atom is 0.307 e. The summed E-state index contributed by atoms with van der Waals surface area (Å²) in [6.07, 6.45) is 3.06. The van der Waals surface area contributed by atoms with Gasteiger partial charge in [0.2, 0.25) is 5.91 Å². The van der Waals surface area contributed by atoms with Gasteiger partial charge in [-0.1, -0.05) is 50.2 Å². The van der Waals surface area contributed by atoms with Crippen LogP contribution < -0.4 is 10.9 Å². The van der Waals surface area contributed by atoms with Crippen LogP contribution in [0.15, 0.2) is 59.5 Å². The molecule has 2 atom stereocenters. The highest BCUT2D eigenvalue weighted by molar-refractivity contribution is 5.82. The molecule has 2 aromatic carbocycles. The van der Waals surface area contributed by atoms with Crippen molar-refractivity contribution in [2.75, 3.05) is 27.7 Å². The molecule has 0 saturated carbocycles. The van der Waals surface area contributed by atoms with E-state index in [0.717, 1.165) is 51.9 Å². The van der Waals surface area contributed by atoms with Crippen LogP contribution in [0.3, 0.4) is 0 Å². The van der Waals surface area contributed by atoms with E-state index in [-0.39, 0.29) is 23.8 Å². The maximum atomic E-state index is 14.0. The number of amides is 1. The molecule has 7 heteroatoms. The Morgan fingerprint density at radius 3 is 2.24 bits per heavy atom. The molecule has 0 aliphatic carbocycles. The van der Waals surface area contributed by atoms with Crippen molar-refractivity contribution in [3.8, 4) is 11.1 Å². The summed E-state index contributed by atoms with van der Waals surface area (Å²) >= 11 is 0. The van der Waals surface area contributed by atoms with Gasteiger partial charge in [0.1, 0.15) is 6.04 Å². The van der Waals surface area contributed by atoms with Crippen LogP contribution in [-0.4, -0.2) is 49.1 Å². The number of carbonyl (C=O) groups excluding carboxylic acids is 2. The Bertz CT molecular complexity index is 1400. The van der Waals surface area contributed by atoms with E-state index in [1.165, 1.54) is 7.11 Å². The predicted octanol–water partition coefficient (Wildman–Crippen LogP) is 5.55. The van der Waals surface area contributed by atoms with Crippen LogP contribution in [-0.2, 0) is 20.7 Å². The van der Waals surface area contributed by atoms with E-state index in [1.54, 1.807) is 10.6 Å². The normalized spacial score (nSPS) is 12.8. The summed E-state index contributed by atoms with van der Waals surface area (Å²) < 4.78 is 6.56. The second-order valence-corrected chi connectivity index (χ2v) is 11.7. The zero-order valence-electron chi connectivity index (χ0n) is 25.8. The second kappa shape index (κ2) is 14.3. The molecule has 0 aliphatic heterocycles. The molecule has 0 aliphatic rings. The largest absolute Gasteiger partial charge is 0.469 e. The summed E-state index contributed by atoms with van der Waals surface area (Å²) in [6.45, 7) is 11.0. The Morgan fingerprint density at radius 2 is 1.63 bits per heavy atom. The molecule has 3 aromatic rings. The zero-order valence-corrected chi connectivity index (χ0v) is 25.8.